The highest BCUT2D eigenvalue weighted by Gasteiger charge is 2.22. The summed E-state index contributed by atoms with van der Waals surface area (Å²) in [5.74, 6) is -1.16. The first-order valence-electron chi connectivity index (χ1n) is 8.00. The van der Waals surface area contributed by atoms with Crippen LogP contribution in [0.1, 0.15) is 0 Å². The fraction of sp³-hybridized carbons (Fsp3) is 0.167. The summed E-state index contributed by atoms with van der Waals surface area (Å²) in [7, 11) is 3.42. The molecule has 3 aromatic rings. The summed E-state index contributed by atoms with van der Waals surface area (Å²) in [5.41, 5.74) is 1.15. The molecule has 0 fully saturated rings. The highest BCUT2D eigenvalue weighted by atomic mass is 19.1. The van der Waals surface area contributed by atoms with E-state index in [-0.39, 0.29) is 18.3 Å². The molecule has 27 heavy (non-hydrogen) atoms. The van der Waals surface area contributed by atoms with Gasteiger partial charge in [0.05, 0.1) is 0 Å². The van der Waals surface area contributed by atoms with E-state index in [1.54, 1.807) is 35.7 Å². The van der Waals surface area contributed by atoms with E-state index in [1.807, 2.05) is 0 Å². The number of carboxylic acids is 1. The van der Waals surface area contributed by atoms with Gasteiger partial charge in [-0.3, -0.25) is 14.3 Å². The number of anilines is 4. The Balaban J connectivity index is 1.98. The Bertz CT molecular complexity index is 941. The van der Waals surface area contributed by atoms with Crippen molar-refractivity contribution < 1.29 is 18.7 Å². The number of halogens is 2. The number of aromatic nitrogens is 3. The Hall–Kier alpha value is -3.49. The molecule has 0 bridgehead atoms. The average molecular weight is 373 g/mol. The van der Waals surface area contributed by atoms with E-state index in [2.05, 4.69) is 10.2 Å². The quantitative estimate of drug-likeness (QED) is 0.716. The molecule has 0 amide bonds. The van der Waals surface area contributed by atoms with Crippen molar-refractivity contribution in [1.82, 2.24) is 14.8 Å². The van der Waals surface area contributed by atoms with Crippen molar-refractivity contribution in [2.45, 2.75) is 0 Å². The van der Waals surface area contributed by atoms with Gasteiger partial charge in [-0.15, -0.1) is 10.2 Å². The van der Waals surface area contributed by atoms with Crippen molar-refractivity contribution in [3.05, 3.63) is 60.2 Å². The molecule has 0 saturated carbocycles. The van der Waals surface area contributed by atoms with Crippen molar-refractivity contribution in [3.8, 4) is 0 Å². The van der Waals surface area contributed by atoms with Crippen LogP contribution in [0.5, 0.6) is 0 Å². The van der Waals surface area contributed by atoms with Gasteiger partial charge in [0.1, 0.15) is 18.2 Å². The third kappa shape index (κ3) is 3.86. The van der Waals surface area contributed by atoms with Gasteiger partial charge in [-0.25, -0.2) is 8.78 Å². The van der Waals surface area contributed by atoms with Gasteiger partial charge in [0.2, 0.25) is 11.9 Å². The number of carboxylic acid groups (broad SMARTS) is 1. The summed E-state index contributed by atoms with van der Waals surface area (Å²) < 4.78 is 28.0. The van der Waals surface area contributed by atoms with Gasteiger partial charge in [0.25, 0.3) is 0 Å². The molecule has 0 saturated heterocycles. The normalized spacial score (nSPS) is 10.7. The minimum absolute atomic E-state index is 0.271. The standard InChI is InChI=1S/C18H17F2N5O2/c1-23(14-7-3-12(19)4-8-14)17-21-22-18(24(17)2)25(11-16(26)27)15-9-5-13(20)6-10-15/h3-10H,11H2,1-2H3,(H,26,27). The lowest BCUT2D eigenvalue weighted by Crippen LogP contribution is -2.27. The van der Waals surface area contributed by atoms with E-state index in [9.17, 15) is 18.7 Å². The molecule has 3 rings (SSSR count). The van der Waals surface area contributed by atoms with E-state index in [0.717, 1.165) is 0 Å². The van der Waals surface area contributed by atoms with Gasteiger partial charge in [-0.1, -0.05) is 0 Å². The lowest BCUT2D eigenvalue weighted by atomic mass is 10.3. The molecule has 7 nitrogen and oxygen atoms in total. The highest BCUT2D eigenvalue weighted by molar-refractivity contribution is 5.77. The highest BCUT2D eigenvalue weighted by Crippen LogP contribution is 2.28. The molecule has 1 heterocycles. The predicted molar refractivity (Wildman–Crippen MR) is 96.5 cm³/mol. The average Bonchev–Trinajstić information content (AvgIpc) is 3.01. The van der Waals surface area contributed by atoms with Crippen LogP contribution in [0.25, 0.3) is 0 Å². The van der Waals surface area contributed by atoms with Crippen LogP contribution >= 0.6 is 0 Å². The third-order valence-electron chi connectivity index (χ3n) is 4.02. The fourth-order valence-corrected chi connectivity index (χ4v) is 2.65. The van der Waals surface area contributed by atoms with E-state index >= 15 is 0 Å². The van der Waals surface area contributed by atoms with Crippen LogP contribution in [0.15, 0.2) is 48.5 Å². The Labute approximate surface area is 154 Å². The van der Waals surface area contributed by atoms with Crippen molar-refractivity contribution >= 4 is 29.2 Å². The van der Waals surface area contributed by atoms with Crippen LogP contribution < -0.4 is 9.80 Å². The lowest BCUT2D eigenvalue weighted by molar-refractivity contribution is -0.135. The molecule has 0 atom stereocenters. The summed E-state index contributed by atoms with van der Waals surface area (Å²) >= 11 is 0. The molecule has 0 spiro atoms. The van der Waals surface area contributed by atoms with Crippen molar-refractivity contribution in [2.75, 3.05) is 23.4 Å². The van der Waals surface area contributed by atoms with Crippen LogP contribution in [-0.4, -0.2) is 39.4 Å². The Morgan fingerprint density at radius 1 is 0.963 bits per heavy atom. The Morgan fingerprint density at radius 2 is 1.44 bits per heavy atom. The molecule has 0 radical (unpaired) electrons. The number of hydrogen-bond donors (Lipinski definition) is 1. The summed E-state index contributed by atoms with van der Waals surface area (Å²) in [5, 5.41) is 17.5. The number of aliphatic carboxylic acids is 1. The molecule has 0 aliphatic rings. The van der Waals surface area contributed by atoms with Gasteiger partial charge >= 0.3 is 5.97 Å². The molecule has 2 aromatic carbocycles. The van der Waals surface area contributed by atoms with E-state index in [4.69, 9.17) is 0 Å². The van der Waals surface area contributed by atoms with Gasteiger partial charge in [0.15, 0.2) is 0 Å². The van der Waals surface area contributed by atoms with Crippen molar-refractivity contribution in [2.24, 2.45) is 7.05 Å². The SMILES string of the molecule is CN(c1ccc(F)cc1)c1nnc(N(CC(=O)O)c2ccc(F)cc2)n1C. The minimum Gasteiger partial charge on any atom is -0.480 e. The monoisotopic (exact) mass is 373 g/mol. The molecule has 1 aromatic heterocycles. The third-order valence-corrected chi connectivity index (χ3v) is 4.02. The van der Waals surface area contributed by atoms with Crippen molar-refractivity contribution in [3.63, 3.8) is 0 Å². The second kappa shape index (κ2) is 7.40. The first-order chi connectivity index (χ1) is 12.9. The van der Waals surface area contributed by atoms with Gasteiger partial charge < -0.3 is 10.0 Å². The maximum absolute atomic E-state index is 13.2. The molecule has 0 aliphatic carbocycles. The molecule has 140 valence electrons. The second-order valence-electron chi connectivity index (χ2n) is 5.85. The van der Waals surface area contributed by atoms with Gasteiger partial charge in [0, 0.05) is 25.5 Å². The Morgan fingerprint density at radius 3 is 1.96 bits per heavy atom. The molecule has 0 unspecified atom stereocenters. The number of hydrogen-bond acceptors (Lipinski definition) is 5. The zero-order chi connectivity index (χ0) is 19.6. The first-order valence-corrected chi connectivity index (χ1v) is 8.00. The maximum Gasteiger partial charge on any atom is 0.323 e. The van der Waals surface area contributed by atoms with Crippen LogP contribution in [0.4, 0.5) is 32.1 Å². The van der Waals surface area contributed by atoms with Gasteiger partial charge in [-0.2, -0.15) is 0 Å². The van der Waals surface area contributed by atoms with Gasteiger partial charge in [-0.05, 0) is 48.5 Å². The molecule has 9 heteroatoms. The first kappa shape index (κ1) is 18.3. The topological polar surface area (TPSA) is 74.5 Å². The zero-order valence-electron chi connectivity index (χ0n) is 14.7. The van der Waals surface area contributed by atoms with E-state index in [1.165, 1.54) is 41.3 Å². The lowest BCUT2D eigenvalue weighted by Gasteiger charge is -2.23. The van der Waals surface area contributed by atoms with Crippen LogP contribution in [0, 0.1) is 11.6 Å². The number of benzene rings is 2. The van der Waals surface area contributed by atoms with E-state index in [0.29, 0.717) is 17.3 Å². The smallest absolute Gasteiger partial charge is 0.323 e. The number of rotatable bonds is 6. The summed E-state index contributed by atoms with van der Waals surface area (Å²) in [4.78, 5) is 14.4. The summed E-state index contributed by atoms with van der Waals surface area (Å²) in [6.07, 6.45) is 0. The zero-order valence-corrected chi connectivity index (χ0v) is 14.7. The summed E-state index contributed by atoms with van der Waals surface area (Å²) in [6, 6.07) is 11.3. The molecule has 0 aliphatic heterocycles. The number of nitrogens with zero attached hydrogens (tertiary/aromatic N) is 5. The minimum atomic E-state index is -1.07. The van der Waals surface area contributed by atoms with Crippen LogP contribution in [0.2, 0.25) is 0 Å². The molecule has 1 N–H and O–H groups in total. The van der Waals surface area contributed by atoms with Crippen LogP contribution in [0.3, 0.4) is 0 Å². The summed E-state index contributed by atoms with van der Waals surface area (Å²) in [6.45, 7) is -0.377. The van der Waals surface area contributed by atoms with E-state index < -0.39 is 11.8 Å². The molecular formula is C18H17F2N5O2. The second-order valence-corrected chi connectivity index (χ2v) is 5.85. The number of carbonyl (C=O) groups is 1. The fourth-order valence-electron chi connectivity index (χ4n) is 2.65. The van der Waals surface area contributed by atoms with Crippen molar-refractivity contribution in [1.29, 1.82) is 0 Å². The largest absolute Gasteiger partial charge is 0.480 e. The van der Waals surface area contributed by atoms with Crippen LogP contribution in [-0.2, 0) is 11.8 Å². The molecular weight excluding hydrogens is 356 g/mol. The maximum atomic E-state index is 13.2. The Kier molecular flexibility index (Phi) is 5.02. The predicted octanol–water partition coefficient (Wildman–Crippen LogP) is 3.08.